The molecular weight excluding hydrogens is 229 g/mol. The lowest BCUT2D eigenvalue weighted by atomic mass is 9.88. The van der Waals surface area contributed by atoms with Crippen LogP contribution in [0.3, 0.4) is 0 Å². The van der Waals surface area contributed by atoms with Crippen molar-refractivity contribution in [3.05, 3.63) is 35.6 Å². The van der Waals surface area contributed by atoms with Gasteiger partial charge >= 0.3 is 0 Å². The summed E-state index contributed by atoms with van der Waals surface area (Å²) in [5, 5.41) is 0. The topological polar surface area (TPSA) is 35.2 Å². The minimum absolute atomic E-state index is 0.167. The number of halogens is 1. The highest BCUT2D eigenvalue weighted by Crippen LogP contribution is 2.27. The predicted molar refractivity (Wildman–Crippen MR) is 70.7 cm³/mol. The molecule has 1 aromatic carbocycles. The molecule has 1 saturated carbocycles. The van der Waals surface area contributed by atoms with Crippen molar-refractivity contribution < 1.29 is 9.13 Å². The van der Waals surface area contributed by atoms with Gasteiger partial charge in [0.2, 0.25) is 0 Å². The molecule has 3 heteroatoms. The fraction of sp³-hybridized carbons (Fsp3) is 0.600. The highest BCUT2D eigenvalue weighted by atomic mass is 19.1. The van der Waals surface area contributed by atoms with Gasteiger partial charge < -0.3 is 10.5 Å². The molecule has 2 rings (SSSR count). The molecule has 0 spiro atoms. The van der Waals surface area contributed by atoms with Crippen molar-refractivity contribution in [2.24, 2.45) is 11.7 Å². The fourth-order valence-corrected chi connectivity index (χ4v) is 2.56. The fourth-order valence-electron chi connectivity index (χ4n) is 2.56. The number of benzene rings is 1. The standard InChI is InChI=1S/C15H22FNO/c1-11-4-2-3-5-15(11)18-10-14(17)12-6-8-13(16)9-7-12/h6-9,11,14-15H,2-5,10,17H2,1H3. The minimum Gasteiger partial charge on any atom is -0.376 e. The van der Waals surface area contributed by atoms with Crippen LogP contribution in [0.25, 0.3) is 0 Å². The molecule has 0 bridgehead atoms. The average molecular weight is 251 g/mol. The van der Waals surface area contributed by atoms with Crippen molar-refractivity contribution in [3.8, 4) is 0 Å². The van der Waals surface area contributed by atoms with Gasteiger partial charge in [0.25, 0.3) is 0 Å². The zero-order valence-corrected chi connectivity index (χ0v) is 10.9. The molecule has 1 aliphatic rings. The quantitative estimate of drug-likeness (QED) is 0.890. The van der Waals surface area contributed by atoms with E-state index in [-0.39, 0.29) is 11.9 Å². The van der Waals surface area contributed by atoms with Crippen LogP contribution in [0.4, 0.5) is 4.39 Å². The summed E-state index contributed by atoms with van der Waals surface area (Å²) in [5.74, 6) is 0.395. The Kier molecular flexibility index (Phi) is 4.72. The predicted octanol–water partition coefficient (Wildman–Crippen LogP) is 3.42. The summed E-state index contributed by atoms with van der Waals surface area (Å²) in [6, 6.07) is 6.18. The van der Waals surface area contributed by atoms with E-state index in [1.807, 2.05) is 0 Å². The Morgan fingerprint density at radius 2 is 1.94 bits per heavy atom. The second-order valence-electron chi connectivity index (χ2n) is 5.29. The van der Waals surface area contributed by atoms with Crippen LogP contribution in [0.1, 0.15) is 44.2 Å². The third-order valence-electron chi connectivity index (χ3n) is 3.82. The van der Waals surface area contributed by atoms with Gasteiger partial charge in [0.1, 0.15) is 5.82 Å². The monoisotopic (exact) mass is 251 g/mol. The first kappa shape index (κ1) is 13.5. The van der Waals surface area contributed by atoms with Crippen molar-refractivity contribution in [1.29, 1.82) is 0 Å². The Labute approximate surface area is 108 Å². The van der Waals surface area contributed by atoms with E-state index in [9.17, 15) is 4.39 Å². The van der Waals surface area contributed by atoms with E-state index in [1.54, 1.807) is 12.1 Å². The number of ether oxygens (including phenoxy) is 1. The first-order valence-corrected chi connectivity index (χ1v) is 6.79. The highest BCUT2D eigenvalue weighted by molar-refractivity contribution is 5.19. The Morgan fingerprint density at radius 3 is 2.61 bits per heavy atom. The van der Waals surface area contributed by atoms with Gasteiger partial charge in [-0.1, -0.05) is 31.9 Å². The summed E-state index contributed by atoms with van der Waals surface area (Å²) in [7, 11) is 0. The Hall–Kier alpha value is -0.930. The van der Waals surface area contributed by atoms with Gasteiger partial charge in [0.05, 0.1) is 18.8 Å². The summed E-state index contributed by atoms with van der Waals surface area (Å²) in [6.07, 6.45) is 5.28. The number of hydrogen-bond donors (Lipinski definition) is 1. The van der Waals surface area contributed by atoms with Gasteiger partial charge in [-0.05, 0) is 36.5 Å². The molecule has 0 heterocycles. The second kappa shape index (κ2) is 6.30. The van der Waals surface area contributed by atoms with E-state index < -0.39 is 0 Å². The lowest BCUT2D eigenvalue weighted by molar-refractivity contribution is -0.0113. The number of rotatable bonds is 4. The summed E-state index contributed by atoms with van der Waals surface area (Å²) >= 11 is 0. The number of hydrogen-bond acceptors (Lipinski definition) is 2. The van der Waals surface area contributed by atoms with E-state index in [0.717, 1.165) is 12.0 Å². The first-order chi connectivity index (χ1) is 8.66. The zero-order valence-electron chi connectivity index (χ0n) is 10.9. The number of nitrogens with two attached hydrogens (primary N) is 1. The smallest absolute Gasteiger partial charge is 0.123 e. The molecule has 0 aromatic heterocycles. The lowest BCUT2D eigenvalue weighted by Gasteiger charge is -2.29. The van der Waals surface area contributed by atoms with Gasteiger partial charge in [-0.25, -0.2) is 4.39 Å². The summed E-state index contributed by atoms with van der Waals surface area (Å²) < 4.78 is 18.7. The summed E-state index contributed by atoms with van der Waals surface area (Å²) in [4.78, 5) is 0. The van der Waals surface area contributed by atoms with Gasteiger partial charge in [-0.3, -0.25) is 0 Å². The second-order valence-corrected chi connectivity index (χ2v) is 5.29. The SMILES string of the molecule is CC1CCCCC1OCC(N)c1ccc(F)cc1. The Bertz CT molecular complexity index is 365. The maximum atomic E-state index is 12.8. The molecule has 0 radical (unpaired) electrons. The Balaban J connectivity index is 1.83. The van der Waals surface area contributed by atoms with E-state index in [1.165, 1.54) is 31.4 Å². The molecule has 18 heavy (non-hydrogen) atoms. The molecule has 100 valence electrons. The van der Waals surface area contributed by atoms with Crippen molar-refractivity contribution in [3.63, 3.8) is 0 Å². The summed E-state index contributed by atoms with van der Waals surface area (Å²) in [6.45, 7) is 2.76. The maximum Gasteiger partial charge on any atom is 0.123 e. The van der Waals surface area contributed by atoms with Crippen molar-refractivity contribution in [2.75, 3.05) is 6.61 Å². The van der Waals surface area contributed by atoms with Crippen molar-refractivity contribution >= 4 is 0 Å². The van der Waals surface area contributed by atoms with Crippen LogP contribution in [-0.2, 0) is 4.74 Å². The van der Waals surface area contributed by atoms with Gasteiger partial charge in [0.15, 0.2) is 0 Å². The maximum absolute atomic E-state index is 12.8. The summed E-state index contributed by atoms with van der Waals surface area (Å²) in [5.41, 5.74) is 6.99. The van der Waals surface area contributed by atoms with Crippen LogP contribution in [0.15, 0.2) is 24.3 Å². The van der Waals surface area contributed by atoms with E-state index in [4.69, 9.17) is 10.5 Å². The van der Waals surface area contributed by atoms with Crippen molar-refractivity contribution in [1.82, 2.24) is 0 Å². The van der Waals surface area contributed by atoms with Gasteiger partial charge in [0, 0.05) is 0 Å². The molecule has 2 nitrogen and oxygen atoms in total. The first-order valence-electron chi connectivity index (χ1n) is 6.79. The van der Waals surface area contributed by atoms with Crippen LogP contribution in [0.2, 0.25) is 0 Å². The normalized spacial score (nSPS) is 25.9. The van der Waals surface area contributed by atoms with Crippen LogP contribution in [0.5, 0.6) is 0 Å². The molecule has 0 amide bonds. The average Bonchev–Trinajstić information content (AvgIpc) is 2.38. The molecule has 3 atom stereocenters. The molecular formula is C15H22FNO. The third-order valence-corrected chi connectivity index (χ3v) is 3.82. The molecule has 0 aliphatic heterocycles. The lowest BCUT2D eigenvalue weighted by Crippen LogP contribution is -2.29. The largest absolute Gasteiger partial charge is 0.376 e. The molecule has 3 unspecified atom stereocenters. The van der Waals surface area contributed by atoms with Crippen LogP contribution >= 0.6 is 0 Å². The van der Waals surface area contributed by atoms with Gasteiger partial charge in [-0.2, -0.15) is 0 Å². The minimum atomic E-state index is -0.229. The third kappa shape index (κ3) is 3.53. The van der Waals surface area contributed by atoms with E-state index >= 15 is 0 Å². The Morgan fingerprint density at radius 1 is 1.28 bits per heavy atom. The van der Waals surface area contributed by atoms with Crippen molar-refractivity contribution in [2.45, 2.75) is 44.8 Å². The van der Waals surface area contributed by atoms with Crippen LogP contribution in [-0.4, -0.2) is 12.7 Å². The zero-order chi connectivity index (χ0) is 13.0. The molecule has 1 aliphatic carbocycles. The molecule has 1 aromatic rings. The van der Waals surface area contributed by atoms with E-state index in [0.29, 0.717) is 18.6 Å². The van der Waals surface area contributed by atoms with Crippen LogP contribution in [0, 0.1) is 11.7 Å². The van der Waals surface area contributed by atoms with E-state index in [2.05, 4.69) is 6.92 Å². The molecule has 0 saturated heterocycles. The van der Waals surface area contributed by atoms with Gasteiger partial charge in [-0.15, -0.1) is 0 Å². The highest BCUT2D eigenvalue weighted by Gasteiger charge is 2.22. The molecule has 1 fully saturated rings. The van der Waals surface area contributed by atoms with Crippen LogP contribution < -0.4 is 5.73 Å². The molecule has 2 N–H and O–H groups in total.